The zero-order valence-corrected chi connectivity index (χ0v) is 19.0. The normalized spacial score (nSPS) is 18.3. The number of nitrogens with one attached hydrogen (secondary N) is 1. The lowest BCUT2D eigenvalue weighted by atomic mass is 10.1. The van der Waals surface area contributed by atoms with Crippen molar-refractivity contribution in [3.63, 3.8) is 0 Å². The third-order valence-corrected chi connectivity index (χ3v) is 7.48. The fourth-order valence-electron chi connectivity index (χ4n) is 3.04. The fourth-order valence-corrected chi connectivity index (χ4v) is 3.89. The van der Waals surface area contributed by atoms with Gasteiger partial charge in [-0.1, -0.05) is 11.8 Å². The molecule has 11 heteroatoms. The lowest BCUT2D eigenvalue weighted by molar-refractivity contribution is -0.131. The molecule has 1 aromatic carbocycles. The first-order valence-corrected chi connectivity index (χ1v) is 11.8. The van der Waals surface area contributed by atoms with Gasteiger partial charge in [0, 0.05) is 42.5 Å². The Bertz CT molecular complexity index is 1250. The number of rotatable bonds is 6. The number of amides is 1. The molecule has 10 nitrogen and oxygen atoms in total. The number of carboxylic acid groups (broad SMARTS) is 1. The van der Waals surface area contributed by atoms with E-state index in [0.717, 1.165) is 23.6 Å². The van der Waals surface area contributed by atoms with E-state index in [1.807, 2.05) is 18.2 Å². The Morgan fingerprint density at radius 2 is 2.09 bits per heavy atom. The van der Waals surface area contributed by atoms with Crippen molar-refractivity contribution in [2.45, 2.75) is 31.1 Å². The summed E-state index contributed by atoms with van der Waals surface area (Å²) in [5, 5.41) is 30.0. The van der Waals surface area contributed by atoms with E-state index >= 15 is 0 Å². The van der Waals surface area contributed by atoms with Gasteiger partial charge in [0.2, 0.25) is 0 Å². The molecule has 4 N–H and O–H groups in total. The lowest BCUT2D eigenvalue weighted by Crippen LogP contribution is -2.49. The zero-order chi connectivity index (χ0) is 24.6. The molecule has 176 valence electrons. The van der Waals surface area contributed by atoms with Crippen molar-refractivity contribution in [2.24, 2.45) is 11.8 Å². The highest BCUT2D eigenvalue weighted by Crippen LogP contribution is 2.36. The summed E-state index contributed by atoms with van der Waals surface area (Å²) < 4.78 is 23.9. The van der Waals surface area contributed by atoms with Gasteiger partial charge in [-0.2, -0.15) is 5.10 Å². The van der Waals surface area contributed by atoms with E-state index in [1.54, 1.807) is 10.9 Å². The Morgan fingerprint density at radius 3 is 2.67 bits per heavy atom. The highest BCUT2D eigenvalue weighted by Gasteiger charge is 2.43. The van der Waals surface area contributed by atoms with Gasteiger partial charge in [0.15, 0.2) is 14.6 Å². The quantitative estimate of drug-likeness (QED) is 0.202. The number of aryl methyl sites for hydroxylation is 1. The van der Waals surface area contributed by atoms with E-state index in [4.69, 9.17) is 20.2 Å². The molecule has 0 spiro atoms. The first kappa shape index (κ1) is 25.9. The van der Waals surface area contributed by atoms with Gasteiger partial charge < -0.3 is 10.2 Å². The number of sulfone groups is 1. The van der Waals surface area contributed by atoms with E-state index in [1.165, 1.54) is 12.4 Å². The topological polar surface area (TPSA) is 159 Å². The largest absolute Gasteiger partial charge is 0.483 e. The number of carbonyl (C=O) groups excluding carboxylic acids is 1. The molecule has 0 aliphatic heterocycles. The van der Waals surface area contributed by atoms with Crippen molar-refractivity contribution in [1.29, 1.82) is 0 Å². The van der Waals surface area contributed by atoms with Gasteiger partial charge in [0.25, 0.3) is 12.4 Å². The lowest BCUT2D eigenvalue weighted by Gasteiger charge is -2.24. The molecular weight excluding hydrogens is 450 g/mol. The molecule has 3 rings (SSSR count). The van der Waals surface area contributed by atoms with Crippen LogP contribution >= 0.6 is 0 Å². The number of nitrogens with zero attached hydrogens (tertiary/aromatic N) is 2. The second-order valence-electron chi connectivity index (χ2n) is 7.77. The number of carbonyl (C=O) groups is 2. The summed E-state index contributed by atoms with van der Waals surface area (Å²) >= 11 is 0. The van der Waals surface area contributed by atoms with Crippen molar-refractivity contribution in [1.82, 2.24) is 15.3 Å². The van der Waals surface area contributed by atoms with Crippen molar-refractivity contribution in [2.75, 3.05) is 12.9 Å². The first-order chi connectivity index (χ1) is 15.6. The van der Waals surface area contributed by atoms with E-state index in [0.29, 0.717) is 5.52 Å². The molecule has 1 amide bonds. The second kappa shape index (κ2) is 11.0. The van der Waals surface area contributed by atoms with Crippen molar-refractivity contribution in [3.05, 3.63) is 30.0 Å². The summed E-state index contributed by atoms with van der Waals surface area (Å²) in [6, 6.07) is 5.49. The summed E-state index contributed by atoms with van der Waals surface area (Å²) in [5.74, 6) is 11.2. The predicted molar refractivity (Wildman–Crippen MR) is 120 cm³/mol. The number of aliphatic hydroxyl groups is 1. The standard InChI is InChI=1S/C21H23N3O5S.CH2O2/c1-21(20(26)23-27,30(2,28)29)9-10-24-13-17-11-15(7-8-19(17)22-24)5-3-4-6-16-12-18(16)14-25;2-1-3/h7-8,11,13,16,18,25,27H,9-10,12,14H2,1-2H3,(H,23,26);1H,(H,2,3)/t16?,18-,21?;/m1./s1. The highest BCUT2D eigenvalue weighted by atomic mass is 32.2. The van der Waals surface area contributed by atoms with Crippen LogP contribution in [0.25, 0.3) is 10.9 Å². The number of fused-ring (bicyclic) bond motifs is 1. The van der Waals surface area contributed by atoms with Gasteiger partial charge in [0.1, 0.15) is 0 Å². The second-order valence-corrected chi connectivity index (χ2v) is 10.2. The molecule has 3 atom stereocenters. The Labute approximate surface area is 191 Å². The van der Waals surface area contributed by atoms with E-state index in [2.05, 4.69) is 28.8 Å². The number of hydrogen-bond acceptors (Lipinski definition) is 7. The molecule has 1 heterocycles. The molecule has 1 aliphatic carbocycles. The van der Waals surface area contributed by atoms with Crippen molar-refractivity contribution >= 4 is 33.1 Å². The minimum absolute atomic E-state index is 0.0511. The molecule has 0 saturated heterocycles. The maximum Gasteiger partial charge on any atom is 0.290 e. The first-order valence-electron chi connectivity index (χ1n) is 9.91. The van der Waals surface area contributed by atoms with Crippen LogP contribution < -0.4 is 5.48 Å². The average molecular weight is 476 g/mol. The Morgan fingerprint density at radius 1 is 1.39 bits per heavy atom. The van der Waals surface area contributed by atoms with Gasteiger partial charge in [-0.25, -0.2) is 13.9 Å². The van der Waals surface area contributed by atoms with E-state index in [-0.39, 0.29) is 37.9 Å². The molecule has 1 fully saturated rings. The molecule has 1 aromatic heterocycles. The van der Waals surface area contributed by atoms with Crippen LogP contribution in [0, 0.1) is 35.5 Å². The van der Waals surface area contributed by atoms with Crippen LogP contribution in [0.15, 0.2) is 24.4 Å². The molecule has 1 saturated carbocycles. The molecule has 2 aromatic rings. The monoisotopic (exact) mass is 475 g/mol. The third-order valence-electron chi connectivity index (χ3n) is 5.45. The number of hydrogen-bond donors (Lipinski definition) is 4. The predicted octanol–water partition coefficient (Wildman–Crippen LogP) is 0.419. The van der Waals surface area contributed by atoms with Gasteiger partial charge in [-0.3, -0.25) is 19.5 Å². The molecular formula is C22H25N3O7S. The summed E-state index contributed by atoms with van der Waals surface area (Å²) in [5.41, 5.74) is 2.92. The minimum atomic E-state index is -3.76. The average Bonchev–Trinajstić information content (AvgIpc) is 3.41. The number of aliphatic hydroxyl groups excluding tert-OH is 1. The minimum Gasteiger partial charge on any atom is -0.483 e. The van der Waals surface area contributed by atoms with E-state index in [9.17, 15) is 13.2 Å². The Balaban J connectivity index is 0.00000122. The number of hydroxylamine groups is 1. The molecule has 1 aliphatic rings. The maximum absolute atomic E-state index is 12.1. The summed E-state index contributed by atoms with van der Waals surface area (Å²) in [6.07, 6.45) is 3.59. The van der Waals surface area contributed by atoms with Crippen LogP contribution in [0.2, 0.25) is 0 Å². The van der Waals surface area contributed by atoms with E-state index < -0.39 is 20.5 Å². The van der Waals surface area contributed by atoms with Crippen LogP contribution in [0.3, 0.4) is 0 Å². The SMILES string of the molecule is CC(CCn1cc2cc(C#CC#CC3C[C@@H]3CO)ccc2n1)(C(=O)NO)S(C)(=O)=O.O=CO. The van der Waals surface area contributed by atoms with Crippen LogP contribution in [-0.4, -0.2) is 63.6 Å². The van der Waals surface area contributed by atoms with Gasteiger partial charge in [-0.15, -0.1) is 0 Å². The summed E-state index contributed by atoms with van der Waals surface area (Å²) in [4.78, 5) is 20.3. The smallest absolute Gasteiger partial charge is 0.290 e. The number of benzene rings is 1. The number of aromatic nitrogens is 2. The Kier molecular flexibility index (Phi) is 8.60. The summed E-state index contributed by atoms with van der Waals surface area (Å²) in [6.45, 7) is 1.36. The molecule has 33 heavy (non-hydrogen) atoms. The maximum atomic E-state index is 12.1. The van der Waals surface area contributed by atoms with Crippen molar-refractivity contribution < 1.29 is 33.4 Å². The molecule has 2 unspecified atom stereocenters. The van der Waals surface area contributed by atoms with Gasteiger partial charge >= 0.3 is 0 Å². The highest BCUT2D eigenvalue weighted by molar-refractivity contribution is 7.92. The summed E-state index contributed by atoms with van der Waals surface area (Å²) in [7, 11) is -3.76. The molecule has 0 bridgehead atoms. The van der Waals surface area contributed by atoms with Crippen LogP contribution in [-0.2, 0) is 26.0 Å². The molecule has 0 radical (unpaired) electrons. The van der Waals surface area contributed by atoms with Gasteiger partial charge in [-0.05, 0) is 55.7 Å². The van der Waals surface area contributed by atoms with Crippen LogP contribution in [0.4, 0.5) is 0 Å². The Hall–Kier alpha value is -3.38. The van der Waals surface area contributed by atoms with Crippen LogP contribution in [0.5, 0.6) is 0 Å². The van der Waals surface area contributed by atoms with Crippen molar-refractivity contribution in [3.8, 4) is 23.7 Å². The van der Waals surface area contributed by atoms with Crippen LogP contribution in [0.1, 0.15) is 25.3 Å². The fraction of sp³-hybridized carbons (Fsp3) is 0.409. The zero-order valence-electron chi connectivity index (χ0n) is 18.1. The van der Waals surface area contributed by atoms with Gasteiger partial charge in [0.05, 0.1) is 5.52 Å². The third kappa shape index (κ3) is 6.56.